The van der Waals surface area contributed by atoms with E-state index in [-0.39, 0.29) is 0 Å². The van der Waals surface area contributed by atoms with Crippen LogP contribution >= 0.6 is 0 Å². The maximum atomic E-state index is 2.48. The standard InChI is InChI=1S/C58H38N2/c1-3-16-39(17-4-1)41-22-15-23-46(34-41)50-35-42-20-7-8-21-43(42)38-58(50)60-55-29-14-11-26-49(55)52-37-45(31-33-57(52)60)44-30-32-56-51(36-44)48-25-10-13-28-54(48)59(56)53-27-12-9-24-47(53)40-18-5-2-6-19-40/h1-38H. The third-order valence-electron chi connectivity index (χ3n) is 12.3. The maximum absolute atomic E-state index is 2.48. The van der Waals surface area contributed by atoms with Crippen LogP contribution in [0.5, 0.6) is 0 Å². The van der Waals surface area contributed by atoms with Crippen molar-refractivity contribution in [3.05, 3.63) is 231 Å². The van der Waals surface area contributed by atoms with Gasteiger partial charge in [-0.3, -0.25) is 0 Å². The van der Waals surface area contributed by atoms with Crippen molar-refractivity contribution < 1.29 is 0 Å². The second kappa shape index (κ2) is 13.9. The van der Waals surface area contributed by atoms with Crippen LogP contribution < -0.4 is 0 Å². The van der Waals surface area contributed by atoms with E-state index in [9.17, 15) is 0 Å². The van der Waals surface area contributed by atoms with E-state index >= 15 is 0 Å². The summed E-state index contributed by atoms with van der Waals surface area (Å²) in [5.74, 6) is 0. The van der Waals surface area contributed by atoms with Crippen LogP contribution in [0.2, 0.25) is 0 Å². The molecule has 0 saturated carbocycles. The molecule has 2 aromatic heterocycles. The van der Waals surface area contributed by atoms with Crippen molar-refractivity contribution in [3.8, 4) is 55.9 Å². The highest BCUT2D eigenvalue weighted by Crippen LogP contribution is 2.42. The lowest BCUT2D eigenvalue weighted by molar-refractivity contribution is 1.18. The van der Waals surface area contributed by atoms with Crippen LogP contribution in [-0.2, 0) is 0 Å². The third kappa shape index (κ3) is 5.50. The molecule has 0 atom stereocenters. The molecular formula is C58H38N2. The molecule has 0 spiro atoms. The molecule has 0 aliphatic heterocycles. The van der Waals surface area contributed by atoms with Crippen LogP contribution in [0, 0.1) is 0 Å². The van der Waals surface area contributed by atoms with E-state index < -0.39 is 0 Å². The minimum atomic E-state index is 1.17. The van der Waals surface area contributed by atoms with Gasteiger partial charge in [0.2, 0.25) is 0 Å². The average Bonchev–Trinajstić information content (AvgIpc) is 3.84. The first-order valence-corrected chi connectivity index (χ1v) is 20.7. The zero-order valence-corrected chi connectivity index (χ0v) is 32.8. The van der Waals surface area contributed by atoms with E-state index in [1.165, 1.54) is 110 Å². The molecular weight excluding hydrogens is 725 g/mol. The van der Waals surface area contributed by atoms with Gasteiger partial charge in [-0.05, 0) is 105 Å². The SMILES string of the molecule is c1ccc(-c2cccc(-c3cc4ccccc4cc3-n3c4ccccc4c4cc(-c5ccc6c(c5)c5ccccc5n6-c5ccccc5-c5ccccc5)ccc43)c2)cc1. The maximum Gasteiger partial charge on any atom is 0.0546 e. The van der Waals surface area contributed by atoms with Gasteiger partial charge in [-0.25, -0.2) is 0 Å². The number of hydrogen-bond acceptors (Lipinski definition) is 0. The predicted octanol–water partition coefficient (Wildman–Crippen LogP) is 15.7. The summed E-state index contributed by atoms with van der Waals surface area (Å²) in [4.78, 5) is 0. The van der Waals surface area contributed by atoms with Crippen LogP contribution in [-0.4, -0.2) is 9.13 Å². The van der Waals surface area contributed by atoms with Crippen LogP contribution in [0.25, 0.3) is 110 Å². The lowest BCUT2D eigenvalue weighted by Gasteiger charge is -2.17. The molecule has 0 unspecified atom stereocenters. The fraction of sp³-hybridized carbons (Fsp3) is 0. The molecule has 0 N–H and O–H groups in total. The average molecular weight is 763 g/mol. The Morgan fingerprint density at radius 1 is 0.217 bits per heavy atom. The van der Waals surface area contributed by atoms with Crippen molar-refractivity contribution in [3.63, 3.8) is 0 Å². The number of para-hydroxylation sites is 3. The minimum absolute atomic E-state index is 1.17. The number of fused-ring (bicyclic) bond motifs is 7. The Bertz CT molecular complexity index is 3590. The Hall–Kier alpha value is -7.94. The molecule has 0 aliphatic rings. The third-order valence-corrected chi connectivity index (χ3v) is 12.3. The van der Waals surface area contributed by atoms with Gasteiger partial charge >= 0.3 is 0 Å². The summed E-state index contributed by atoms with van der Waals surface area (Å²) in [5.41, 5.74) is 16.8. The van der Waals surface area contributed by atoms with Crippen molar-refractivity contribution in [1.82, 2.24) is 9.13 Å². The second-order valence-electron chi connectivity index (χ2n) is 15.7. The van der Waals surface area contributed by atoms with E-state index in [0.29, 0.717) is 0 Å². The lowest BCUT2D eigenvalue weighted by Crippen LogP contribution is -1.98. The molecule has 0 radical (unpaired) electrons. The Morgan fingerprint density at radius 3 is 1.35 bits per heavy atom. The summed E-state index contributed by atoms with van der Waals surface area (Å²) < 4.78 is 4.91. The molecule has 60 heavy (non-hydrogen) atoms. The number of nitrogens with zero attached hydrogens (tertiary/aromatic N) is 2. The first kappa shape index (κ1) is 34.1. The van der Waals surface area contributed by atoms with Gasteiger partial charge in [0.25, 0.3) is 0 Å². The molecule has 0 amide bonds. The first-order valence-electron chi connectivity index (χ1n) is 20.7. The number of rotatable bonds is 6. The van der Waals surface area contributed by atoms with Crippen LogP contribution in [0.1, 0.15) is 0 Å². The van der Waals surface area contributed by atoms with Crippen molar-refractivity contribution in [1.29, 1.82) is 0 Å². The summed E-state index contributed by atoms with van der Waals surface area (Å²) in [6, 6.07) is 84.3. The summed E-state index contributed by atoms with van der Waals surface area (Å²) in [6.45, 7) is 0. The summed E-state index contributed by atoms with van der Waals surface area (Å²) in [6.07, 6.45) is 0. The Labute approximate surface area is 348 Å². The molecule has 0 fully saturated rings. The van der Waals surface area contributed by atoms with Crippen molar-refractivity contribution in [2.45, 2.75) is 0 Å². The smallest absolute Gasteiger partial charge is 0.0546 e. The van der Waals surface area contributed by atoms with E-state index in [1.807, 2.05) is 0 Å². The molecule has 12 rings (SSSR count). The molecule has 0 bridgehead atoms. The molecule has 2 heteroatoms. The highest BCUT2D eigenvalue weighted by atomic mass is 15.0. The highest BCUT2D eigenvalue weighted by molar-refractivity contribution is 6.13. The first-order chi connectivity index (χ1) is 29.8. The molecule has 12 aromatic rings. The van der Waals surface area contributed by atoms with E-state index in [4.69, 9.17) is 0 Å². The largest absolute Gasteiger partial charge is 0.309 e. The van der Waals surface area contributed by atoms with Gasteiger partial charge < -0.3 is 9.13 Å². The van der Waals surface area contributed by atoms with Gasteiger partial charge in [-0.2, -0.15) is 0 Å². The van der Waals surface area contributed by atoms with Crippen molar-refractivity contribution >= 4 is 54.4 Å². The summed E-state index contributed by atoms with van der Waals surface area (Å²) in [5, 5.41) is 7.41. The number of aromatic nitrogens is 2. The fourth-order valence-electron chi connectivity index (χ4n) is 9.50. The van der Waals surface area contributed by atoms with Crippen molar-refractivity contribution in [2.75, 3.05) is 0 Å². The Morgan fingerprint density at radius 2 is 0.683 bits per heavy atom. The lowest BCUT2D eigenvalue weighted by atomic mass is 9.95. The monoisotopic (exact) mass is 762 g/mol. The van der Waals surface area contributed by atoms with Crippen LogP contribution in [0.4, 0.5) is 0 Å². The zero-order valence-electron chi connectivity index (χ0n) is 32.8. The molecule has 2 heterocycles. The van der Waals surface area contributed by atoms with E-state index in [2.05, 4.69) is 240 Å². The molecule has 10 aromatic carbocycles. The van der Waals surface area contributed by atoms with Crippen LogP contribution in [0.3, 0.4) is 0 Å². The van der Waals surface area contributed by atoms with Gasteiger partial charge in [0.15, 0.2) is 0 Å². The van der Waals surface area contributed by atoms with Gasteiger partial charge in [0, 0.05) is 32.7 Å². The quantitative estimate of drug-likeness (QED) is 0.160. The minimum Gasteiger partial charge on any atom is -0.309 e. The topological polar surface area (TPSA) is 9.86 Å². The summed E-state index contributed by atoms with van der Waals surface area (Å²) in [7, 11) is 0. The van der Waals surface area contributed by atoms with Gasteiger partial charge in [-0.15, -0.1) is 0 Å². The molecule has 0 aliphatic carbocycles. The number of benzene rings is 10. The van der Waals surface area contributed by atoms with Gasteiger partial charge in [0.05, 0.1) is 33.4 Å². The molecule has 280 valence electrons. The zero-order chi connectivity index (χ0) is 39.6. The Kier molecular flexibility index (Phi) is 7.89. The summed E-state index contributed by atoms with van der Waals surface area (Å²) >= 11 is 0. The van der Waals surface area contributed by atoms with E-state index in [1.54, 1.807) is 0 Å². The second-order valence-corrected chi connectivity index (χ2v) is 15.7. The molecule has 2 nitrogen and oxygen atoms in total. The number of hydrogen-bond donors (Lipinski definition) is 0. The normalized spacial score (nSPS) is 11.7. The highest BCUT2D eigenvalue weighted by Gasteiger charge is 2.20. The van der Waals surface area contributed by atoms with Crippen molar-refractivity contribution in [2.24, 2.45) is 0 Å². The fourth-order valence-corrected chi connectivity index (χ4v) is 9.50. The Balaban J connectivity index is 1.04. The molecule has 0 saturated heterocycles. The predicted molar refractivity (Wildman–Crippen MR) is 254 cm³/mol. The van der Waals surface area contributed by atoms with Gasteiger partial charge in [-0.1, -0.05) is 170 Å². The van der Waals surface area contributed by atoms with E-state index in [0.717, 1.165) is 0 Å². The van der Waals surface area contributed by atoms with Crippen LogP contribution in [0.15, 0.2) is 231 Å². The van der Waals surface area contributed by atoms with Gasteiger partial charge in [0.1, 0.15) is 0 Å².